The molecule has 0 amide bonds. The van der Waals surface area contributed by atoms with Gasteiger partial charge in [-0.25, -0.2) is 4.79 Å². The fraction of sp³-hybridized carbons (Fsp3) is 0.632. The largest absolute Gasteiger partial charge is 0.673 e. The Morgan fingerprint density at radius 1 is 0.696 bits per heavy atom. The molecule has 0 aliphatic carbocycles. The van der Waals surface area contributed by atoms with Crippen molar-refractivity contribution in [2.75, 3.05) is 6.61 Å². The van der Waals surface area contributed by atoms with Gasteiger partial charge in [-0.2, -0.15) is 0 Å². The molecular weight excluding hydrogens is 681 g/mol. The molecule has 0 heterocycles. The molecular formula is C19H28B4F16N3O4-3. The summed E-state index contributed by atoms with van der Waals surface area (Å²) in [6, 6.07) is 3.54. The van der Waals surface area contributed by atoms with Gasteiger partial charge in [0.1, 0.15) is 5.56 Å². The van der Waals surface area contributed by atoms with Crippen LogP contribution in [0, 0.1) is 15.5 Å². The third-order valence-corrected chi connectivity index (χ3v) is 4.24. The highest BCUT2D eigenvalue weighted by atomic mass is 19.5. The molecule has 1 aromatic carbocycles. The van der Waals surface area contributed by atoms with Crippen LogP contribution in [0.5, 0.6) is 0 Å². The molecule has 270 valence electrons. The van der Waals surface area contributed by atoms with Crippen LogP contribution in [-0.4, -0.2) is 46.5 Å². The van der Waals surface area contributed by atoms with Crippen molar-refractivity contribution in [1.82, 2.24) is 0 Å². The molecule has 0 spiro atoms. The Hall–Kier alpha value is -3.35. The van der Waals surface area contributed by atoms with Crippen molar-refractivity contribution in [3.8, 4) is 0 Å². The molecule has 46 heavy (non-hydrogen) atoms. The molecule has 27 heteroatoms. The molecule has 7 nitrogen and oxygen atoms in total. The van der Waals surface area contributed by atoms with Gasteiger partial charge in [0.2, 0.25) is 5.39 Å². The molecule has 0 radical (unpaired) electrons. The molecule has 1 aromatic rings. The molecule has 0 atom stereocenters. The second kappa shape index (κ2) is 25.8. The van der Waals surface area contributed by atoms with E-state index in [9.17, 15) is 84.0 Å². The number of carbonyl (C=O) groups excluding carboxylic acids is 1. The maximum atomic E-state index is 12.0. The summed E-state index contributed by atoms with van der Waals surface area (Å²) >= 11 is 0. The van der Waals surface area contributed by atoms with Crippen molar-refractivity contribution in [3.05, 3.63) is 38.9 Å². The first-order chi connectivity index (χ1) is 20.6. The van der Waals surface area contributed by atoms with E-state index < -0.39 is 39.9 Å². The number of nitro groups is 1. The Morgan fingerprint density at radius 3 is 1.33 bits per heavy atom. The Morgan fingerprint density at radius 2 is 1.02 bits per heavy atom. The van der Waals surface area contributed by atoms with Crippen molar-refractivity contribution >= 4 is 46.4 Å². The number of rotatable bonds is 13. The minimum absolute atomic E-state index is 0.0708. The Kier molecular flexibility index (Phi) is 27.8. The lowest BCUT2D eigenvalue weighted by Crippen LogP contribution is -2.09. The van der Waals surface area contributed by atoms with E-state index in [0.717, 1.165) is 31.4 Å². The quantitative estimate of drug-likeness (QED) is 0.0386. The number of ether oxygens (including phenoxy) is 1. The van der Waals surface area contributed by atoms with Crippen LogP contribution in [-0.2, 0) is 4.74 Å². The number of unbranched alkanes of at least 4 members (excludes halogenated alkanes) is 9. The zero-order valence-corrected chi connectivity index (χ0v) is 23.8. The summed E-state index contributed by atoms with van der Waals surface area (Å²) in [6.45, 7) is 2.44. The predicted octanol–water partition coefficient (Wildman–Crippen LogP) is 11.4. The lowest BCUT2D eigenvalue weighted by atomic mass is 10.1. The van der Waals surface area contributed by atoms with E-state index >= 15 is 0 Å². The number of halogens is 16. The second-order valence-electron chi connectivity index (χ2n) is 8.36. The van der Waals surface area contributed by atoms with Crippen LogP contribution in [0.4, 0.5) is 80.4 Å². The highest BCUT2D eigenvalue weighted by Crippen LogP contribution is 2.25. The minimum Gasteiger partial charge on any atom is -0.462 e. The number of nitrogens with zero attached hydrogens (tertiary/aromatic N) is 3. The van der Waals surface area contributed by atoms with Gasteiger partial charge in [-0.3, -0.25) is 10.1 Å². The first kappa shape index (κ1) is 49.5. The van der Waals surface area contributed by atoms with E-state index in [1.54, 1.807) is 0 Å². The van der Waals surface area contributed by atoms with Crippen molar-refractivity contribution < 1.29 is 83.5 Å². The second-order valence-corrected chi connectivity index (χ2v) is 8.36. The summed E-state index contributed by atoms with van der Waals surface area (Å²) in [7, 11) is -24.0. The average molecular weight is 710 g/mol. The minimum atomic E-state index is -6.00. The molecule has 0 aromatic heterocycles. The molecule has 0 saturated heterocycles. The van der Waals surface area contributed by atoms with Crippen LogP contribution in [0.1, 0.15) is 81.5 Å². The van der Waals surface area contributed by atoms with Crippen LogP contribution in [0.25, 0.3) is 4.98 Å². The van der Waals surface area contributed by atoms with Crippen LogP contribution >= 0.6 is 0 Å². The zero-order valence-electron chi connectivity index (χ0n) is 23.8. The number of hydrogen-bond acceptors (Lipinski definition) is 5. The Labute approximate surface area is 252 Å². The van der Waals surface area contributed by atoms with E-state index in [0.29, 0.717) is 0 Å². The Balaban J connectivity index is -0.000000355. The van der Waals surface area contributed by atoms with Crippen LogP contribution in [0.2, 0.25) is 0 Å². The smallest absolute Gasteiger partial charge is 0.462 e. The maximum Gasteiger partial charge on any atom is 0.673 e. The lowest BCUT2D eigenvalue weighted by Gasteiger charge is -2.05. The van der Waals surface area contributed by atoms with E-state index in [-0.39, 0.29) is 23.5 Å². The van der Waals surface area contributed by atoms with Crippen LogP contribution in [0.3, 0.4) is 0 Å². The number of carbonyl (C=O) groups is 1. The summed E-state index contributed by atoms with van der Waals surface area (Å²) in [6.07, 6.45) is 11.7. The maximum absolute atomic E-state index is 12.0. The highest BCUT2D eigenvalue weighted by molar-refractivity contribution is 6.50. The zero-order chi connectivity index (χ0) is 37.2. The van der Waals surface area contributed by atoms with Crippen LogP contribution < -0.4 is 0 Å². The topological polar surface area (TPSA) is 97.6 Å². The van der Waals surface area contributed by atoms with Gasteiger partial charge in [0.15, 0.2) is 4.98 Å². The third kappa shape index (κ3) is 59.9. The molecule has 0 saturated carbocycles. The van der Waals surface area contributed by atoms with Crippen molar-refractivity contribution in [3.63, 3.8) is 0 Å². The summed E-state index contributed by atoms with van der Waals surface area (Å²) < 4.78 is 161. The van der Waals surface area contributed by atoms with Gasteiger partial charge in [-0.1, -0.05) is 64.7 Å². The molecule has 0 bridgehead atoms. The average Bonchev–Trinajstić information content (AvgIpc) is 2.82. The van der Waals surface area contributed by atoms with E-state index in [4.69, 9.17) is 10.1 Å². The van der Waals surface area contributed by atoms with Gasteiger partial charge in [-0.15, -0.1) is 0 Å². The number of benzene rings is 1. The summed E-state index contributed by atoms with van der Waals surface area (Å²) in [5, 5.41) is 19.7. The third-order valence-electron chi connectivity index (χ3n) is 4.24. The fourth-order valence-corrected chi connectivity index (χ4v) is 2.74. The first-order valence-electron chi connectivity index (χ1n) is 12.9. The summed E-state index contributed by atoms with van der Waals surface area (Å²) in [5.41, 5.74) is -0.482. The van der Waals surface area contributed by atoms with E-state index in [1.807, 2.05) is 0 Å². The van der Waals surface area contributed by atoms with Crippen molar-refractivity contribution in [2.45, 2.75) is 71.1 Å². The van der Waals surface area contributed by atoms with Gasteiger partial charge in [-0.05, 0) is 6.42 Å². The normalized spacial score (nSPS) is 11.0. The van der Waals surface area contributed by atoms with Crippen LogP contribution in [0.15, 0.2) is 18.2 Å². The first-order valence-corrected chi connectivity index (χ1v) is 12.9. The van der Waals surface area contributed by atoms with Gasteiger partial charge < -0.3 is 73.8 Å². The molecule has 1 rings (SSSR count). The lowest BCUT2D eigenvalue weighted by molar-refractivity contribution is -0.385. The molecule has 0 fully saturated rings. The van der Waals surface area contributed by atoms with Gasteiger partial charge in [0, 0.05) is 12.1 Å². The standard InChI is InChI=1S/C19H28N3O4.4BF4/c1-2-3-4-5-6-7-8-9-10-11-14-26-19(23)17-15-16(21-20)12-13-18(17)22(24)25;4*2-1(3,4)5/h12-13,15H,2-11,14H2,1H3;;;;/q+1;4*-1. The Bertz CT molecular complexity index is 935. The van der Waals surface area contributed by atoms with Crippen molar-refractivity contribution in [1.29, 1.82) is 5.39 Å². The fourth-order valence-electron chi connectivity index (χ4n) is 2.74. The number of hydrogen-bond donors (Lipinski definition) is 0. The van der Waals surface area contributed by atoms with Gasteiger partial charge >= 0.3 is 40.7 Å². The number of esters is 1. The van der Waals surface area contributed by atoms with Gasteiger partial charge in [0.25, 0.3) is 5.69 Å². The number of nitro benzene ring substituents is 1. The van der Waals surface area contributed by atoms with E-state index in [2.05, 4.69) is 11.9 Å². The highest BCUT2D eigenvalue weighted by Gasteiger charge is 2.25. The molecule has 0 aliphatic rings. The SMILES string of the molecule is CCCCCCCCCCCCOC(=O)c1cc([N+]#N)ccc1[N+](=O)[O-].F[B-](F)(F)F.F[B-](F)(F)F.F[B-](F)(F)F.F[B-](F)(F)F. The molecule has 0 N–H and O–H groups in total. The summed E-state index contributed by atoms with van der Waals surface area (Å²) in [4.78, 5) is 25.3. The summed E-state index contributed by atoms with van der Waals surface area (Å²) in [5.74, 6) is -0.766. The number of diazo groups is 1. The predicted molar refractivity (Wildman–Crippen MR) is 141 cm³/mol. The van der Waals surface area contributed by atoms with Gasteiger partial charge in [0.05, 0.1) is 17.6 Å². The molecule has 0 unspecified atom stereocenters. The monoisotopic (exact) mass is 710 g/mol. The molecule has 0 aliphatic heterocycles. The van der Waals surface area contributed by atoms with Crippen molar-refractivity contribution in [2.24, 2.45) is 0 Å². The van der Waals surface area contributed by atoms with E-state index in [1.165, 1.54) is 51.0 Å².